The summed E-state index contributed by atoms with van der Waals surface area (Å²) in [6.07, 6.45) is 0. The van der Waals surface area contributed by atoms with Crippen LogP contribution in [0.25, 0.3) is 11.3 Å². The number of benzene rings is 2. The second-order valence-corrected chi connectivity index (χ2v) is 7.71. The molecule has 0 spiro atoms. The summed E-state index contributed by atoms with van der Waals surface area (Å²) in [5, 5.41) is 31.8. The molecule has 8 nitrogen and oxygen atoms in total. The predicted octanol–water partition coefficient (Wildman–Crippen LogP) is 4.30. The number of aromatic carboxylic acids is 1. The molecule has 0 fully saturated rings. The number of carboxylic acid groups (broad SMARTS) is 1. The van der Waals surface area contributed by atoms with Crippen LogP contribution < -0.4 is 10.7 Å². The summed E-state index contributed by atoms with van der Waals surface area (Å²) in [5.41, 5.74) is 8.19. The highest BCUT2D eigenvalue weighted by Crippen LogP contribution is 2.33. The Morgan fingerprint density at radius 3 is 2.44 bits per heavy atom. The fourth-order valence-corrected chi connectivity index (χ4v) is 3.31. The van der Waals surface area contributed by atoms with E-state index in [1.807, 2.05) is 39.0 Å². The summed E-state index contributed by atoms with van der Waals surface area (Å²) in [7, 11) is 0. The molecule has 0 saturated heterocycles. The molecule has 0 radical (unpaired) electrons. The van der Waals surface area contributed by atoms with Gasteiger partial charge in [-0.25, -0.2) is 4.79 Å². The first-order valence-corrected chi connectivity index (χ1v) is 10.4. The second kappa shape index (κ2) is 9.61. The fraction of sp³-hybridized carbons (Fsp3) is 0.217. The maximum atomic E-state index is 10.9. The van der Waals surface area contributed by atoms with Crippen LogP contribution in [0, 0.1) is 13.8 Å². The summed E-state index contributed by atoms with van der Waals surface area (Å²) < 4.78 is 1.74. The highest BCUT2D eigenvalue weighted by molar-refractivity contribution is 7.80. The molecule has 0 atom stereocenters. The average Bonchev–Trinajstić information content (AvgIpc) is 3.10. The van der Waals surface area contributed by atoms with Crippen LogP contribution in [0.1, 0.15) is 41.0 Å². The Bertz CT molecular complexity index is 1200. The number of rotatable bonds is 6. The van der Waals surface area contributed by atoms with Gasteiger partial charge in [-0.1, -0.05) is 12.1 Å². The molecule has 0 amide bonds. The van der Waals surface area contributed by atoms with Gasteiger partial charge in [-0.15, -0.1) is 0 Å². The Hall–Kier alpha value is -3.72. The van der Waals surface area contributed by atoms with Crippen molar-refractivity contribution in [2.24, 2.45) is 5.10 Å². The minimum absolute atomic E-state index is 0.0568. The molecule has 0 bridgehead atoms. The lowest BCUT2D eigenvalue weighted by molar-refractivity contribution is 0.0697. The Labute approximate surface area is 191 Å². The maximum Gasteiger partial charge on any atom is 0.335 e. The lowest BCUT2D eigenvalue weighted by Crippen LogP contribution is -2.25. The molecule has 0 unspecified atom stereocenters. The molecule has 0 saturated carbocycles. The lowest BCUT2D eigenvalue weighted by atomic mass is 10.0. The van der Waals surface area contributed by atoms with Crippen molar-refractivity contribution >= 4 is 34.7 Å². The Morgan fingerprint density at radius 1 is 1.16 bits per heavy atom. The van der Waals surface area contributed by atoms with Gasteiger partial charge >= 0.3 is 5.97 Å². The number of carbonyl (C=O) groups is 1. The Kier molecular flexibility index (Phi) is 6.89. The number of carboxylic acids is 1. The molecule has 4 N–H and O–H groups in total. The van der Waals surface area contributed by atoms with Gasteiger partial charge in [0.15, 0.2) is 16.6 Å². The number of thiocarbonyl (C=S) groups is 1. The first-order chi connectivity index (χ1) is 15.2. The molecule has 1 heterocycles. The molecule has 166 valence electrons. The van der Waals surface area contributed by atoms with E-state index >= 15 is 0 Å². The minimum atomic E-state index is -0.996. The van der Waals surface area contributed by atoms with Gasteiger partial charge in [0.1, 0.15) is 5.69 Å². The summed E-state index contributed by atoms with van der Waals surface area (Å²) in [5.74, 6) is -0.940. The number of aryl methyl sites for hydroxylation is 3. The van der Waals surface area contributed by atoms with E-state index in [1.165, 1.54) is 17.7 Å². The van der Waals surface area contributed by atoms with Crippen molar-refractivity contribution in [2.45, 2.75) is 34.2 Å². The molecule has 9 heteroatoms. The molecule has 1 aromatic heterocycles. The molecule has 3 rings (SSSR count). The minimum Gasteiger partial charge on any atom is -0.504 e. The van der Waals surface area contributed by atoms with Crippen LogP contribution in [0.4, 0.5) is 5.69 Å². The highest BCUT2D eigenvalue weighted by atomic mass is 32.1. The molecule has 0 aliphatic heterocycles. The monoisotopic (exact) mass is 451 g/mol. The lowest BCUT2D eigenvalue weighted by Gasteiger charge is -2.08. The third kappa shape index (κ3) is 4.94. The first kappa shape index (κ1) is 23.0. The van der Waals surface area contributed by atoms with Crippen LogP contribution in [-0.4, -0.2) is 36.8 Å². The van der Waals surface area contributed by atoms with Crippen LogP contribution in [0.5, 0.6) is 5.75 Å². The van der Waals surface area contributed by atoms with Crippen molar-refractivity contribution in [1.29, 1.82) is 0 Å². The Balaban J connectivity index is 1.78. The van der Waals surface area contributed by atoms with E-state index in [-0.39, 0.29) is 16.4 Å². The van der Waals surface area contributed by atoms with Gasteiger partial charge in [-0.2, -0.15) is 10.2 Å². The predicted molar refractivity (Wildman–Crippen MR) is 129 cm³/mol. The van der Waals surface area contributed by atoms with Gasteiger partial charge < -0.3 is 15.5 Å². The average molecular weight is 452 g/mol. The van der Waals surface area contributed by atoms with Gasteiger partial charge in [0.2, 0.25) is 0 Å². The molecular formula is C23H25N5O3S. The normalized spacial score (nSPS) is 11.3. The van der Waals surface area contributed by atoms with Gasteiger partial charge in [0.25, 0.3) is 0 Å². The van der Waals surface area contributed by atoms with Crippen molar-refractivity contribution in [3.8, 4) is 17.0 Å². The zero-order valence-electron chi connectivity index (χ0n) is 18.3. The van der Waals surface area contributed by atoms with E-state index in [2.05, 4.69) is 20.9 Å². The molecule has 0 aliphatic rings. The van der Waals surface area contributed by atoms with Crippen molar-refractivity contribution in [1.82, 2.24) is 15.2 Å². The number of nitrogens with one attached hydrogen (secondary N) is 2. The van der Waals surface area contributed by atoms with E-state index in [0.29, 0.717) is 29.3 Å². The van der Waals surface area contributed by atoms with Crippen molar-refractivity contribution in [3.05, 3.63) is 64.8 Å². The van der Waals surface area contributed by atoms with E-state index in [0.717, 1.165) is 11.1 Å². The van der Waals surface area contributed by atoms with E-state index in [4.69, 9.17) is 17.3 Å². The second-order valence-electron chi connectivity index (χ2n) is 7.31. The highest BCUT2D eigenvalue weighted by Gasteiger charge is 2.20. The molecule has 32 heavy (non-hydrogen) atoms. The topological polar surface area (TPSA) is 112 Å². The number of aromatic hydroxyl groups is 1. The summed E-state index contributed by atoms with van der Waals surface area (Å²) in [6.45, 7) is 8.34. The zero-order chi connectivity index (χ0) is 23.4. The molecule has 3 aromatic rings. The Morgan fingerprint density at radius 2 is 1.84 bits per heavy atom. The van der Waals surface area contributed by atoms with Gasteiger partial charge in [0, 0.05) is 17.8 Å². The maximum absolute atomic E-state index is 10.9. The van der Waals surface area contributed by atoms with Crippen LogP contribution >= 0.6 is 12.2 Å². The van der Waals surface area contributed by atoms with Crippen molar-refractivity contribution in [2.75, 3.05) is 5.32 Å². The third-order valence-corrected chi connectivity index (χ3v) is 5.26. The zero-order valence-corrected chi connectivity index (χ0v) is 19.1. The quantitative estimate of drug-likeness (QED) is 0.251. The van der Waals surface area contributed by atoms with Crippen molar-refractivity contribution < 1.29 is 15.0 Å². The van der Waals surface area contributed by atoms with Gasteiger partial charge in [0.05, 0.1) is 11.3 Å². The largest absolute Gasteiger partial charge is 0.504 e. The molecule has 0 aliphatic carbocycles. The summed E-state index contributed by atoms with van der Waals surface area (Å²) >= 11 is 5.24. The number of nitrogens with zero attached hydrogens (tertiary/aromatic N) is 3. The molecule has 2 aromatic carbocycles. The molecular weight excluding hydrogens is 426 g/mol. The smallest absolute Gasteiger partial charge is 0.335 e. The number of hydrazone groups is 1. The summed E-state index contributed by atoms with van der Waals surface area (Å²) in [4.78, 5) is 10.9. The van der Waals surface area contributed by atoms with Crippen molar-refractivity contribution in [3.63, 3.8) is 0 Å². The summed E-state index contributed by atoms with van der Waals surface area (Å²) in [6, 6.07) is 12.2. The number of aromatic nitrogens is 2. The van der Waals surface area contributed by atoms with E-state index in [9.17, 15) is 9.90 Å². The fourth-order valence-electron chi connectivity index (χ4n) is 3.14. The standard InChI is InChI=1S/C23H25N5O3S/c1-5-28-20(17-7-6-13(2)14(3)12-17)21(29)19(27-28)15(4)25-26-23(32)24-18-10-8-16(9-11-18)22(30)31/h6-12,29H,5H2,1-4H3,(H,30,31)(H2,24,26,32). The SMILES string of the molecule is CCn1nc(C(C)=NNC(=S)Nc2ccc(C(=O)O)cc2)c(O)c1-c1ccc(C)c(C)c1. The van der Waals surface area contributed by atoms with Crippen LogP contribution in [0.15, 0.2) is 47.6 Å². The van der Waals surface area contributed by atoms with Gasteiger partial charge in [-0.05, 0) is 81.4 Å². The number of anilines is 1. The van der Waals surface area contributed by atoms with E-state index < -0.39 is 5.97 Å². The number of hydrogen-bond donors (Lipinski definition) is 4. The van der Waals surface area contributed by atoms with Crippen LogP contribution in [0.3, 0.4) is 0 Å². The van der Waals surface area contributed by atoms with Crippen LogP contribution in [-0.2, 0) is 6.54 Å². The number of hydrogen-bond acceptors (Lipinski definition) is 5. The third-order valence-electron chi connectivity index (χ3n) is 5.06. The van der Waals surface area contributed by atoms with E-state index in [1.54, 1.807) is 23.7 Å². The van der Waals surface area contributed by atoms with Gasteiger partial charge in [-0.3, -0.25) is 10.1 Å². The van der Waals surface area contributed by atoms with Crippen LogP contribution in [0.2, 0.25) is 0 Å². The first-order valence-electron chi connectivity index (χ1n) is 10.0.